The van der Waals surface area contributed by atoms with Gasteiger partial charge in [-0.3, -0.25) is 0 Å². The summed E-state index contributed by atoms with van der Waals surface area (Å²) in [5, 5.41) is 5.08. The van der Waals surface area contributed by atoms with Gasteiger partial charge in [0.25, 0.3) is 0 Å². The molecule has 0 aliphatic heterocycles. The minimum atomic E-state index is -4.56. The van der Waals surface area contributed by atoms with Crippen LogP contribution in [0.5, 0.6) is 0 Å². The molecule has 1 aliphatic carbocycles. The second-order valence-electron chi connectivity index (χ2n) is 6.56. The molecule has 0 heterocycles. The van der Waals surface area contributed by atoms with Crippen molar-refractivity contribution in [2.45, 2.75) is 37.4 Å². The monoisotopic (exact) mass is 366 g/mol. The molecule has 0 atom stereocenters. The van der Waals surface area contributed by atoms with E-state index < -0.39 is 23.3 Å². The number of para-hydroxylation sites is 1. The molecule has 2 amide bonds. The Balaban J connectivity index is 1.71. The van der Waals surface area contributed by atoms with Gasteiger partial charge in [0.1, 0.15) is 5.82 Å². The zero-order valence-electron chi connectivity index (χ0n) is 13.9. The van der Waals surface area contributed by atoms with Gasteiger partial charge < -0.3 is 10.6 Å². The fourth-order valence-electron chi connectivity index (χ4n) is 3.22. The number of hydrogen-bond acceptors (Lipinski definition) is 1. The lowest BCUT2D eigenvalue weighted by molar-refractivity contribution is -0.136. The minimum Gasteiger partial charge on any atom is -0.332 e. The highest BCUT2D eigenvalue weighted by molar-refractivity contribution is 5.90. The van der Waals surface area contributed by atoms with Crippen molar-refractivity contribution in [3.63, 3.8) is 0 Å². The maximum absolute atomic E-state index is 13.4. The van der Waals surface area contributed by atoms with Gasteiger partial charge in [-0.25, -0.2) is 9.18 Å². The number of rotatable bonds is 4. The molecule has 0 aromatic heterocycles. The Morgan fingerprint density at radius 3 is 2.42 bits per heavy atom. The molecule has 3 nitrogen and oxygen atoms in total. The second-order valence-corrected chi connectivity index (χ2v) is 6.56. The first-order chi connectivity index (χ1) is 12.3. The van der Waals surface area contributed by atoms with E-state index in [0.717, 1.165) is 18.1 Å². The quantitative estimate of drug-likeness (QED) is 0.724. The van der Waals surface area contributed by atoms with Crippen molar-refractivity contribution in [1.82, 2.24) is 5.32 Å². The van der Waals surface area contributed by atoms with Crippen molar-refractivity contribution >= 4 is 11.7 Å². The number of hydrogen-bond donors (Lipinski definition) is 2. The zero-order valence-corrected chi connectivity index (χ0v) is 13.9. The second kappa shape index (κ2) is 6.97. The van der Waals surface area contributed by atoms with E-state index >= 15 is 0 Å². The third-order valence-electron chi connectivity index (χ3n) is 4.60. The van der Waals surface area contributed by atoms with Crippen molar-refractivity contribution in [2.24, 2.45) is 0 Å². The van der Waals surface area contributed by atoms with Gasteiger partial charge in [-0.15, -0.1) is 0 Å². The number of urea groups is 1. The van der Waals surface area contributed by atoms with Crippen LogP contribution in [0.3, 0.4) is 0 Å². The van der Waals surface area contributed by atoms with Crippen LogP contribution in [0, 0.1) is 5.82 Å². The highest BCUT2D eigenvalue weighted by Crippen LogP contribution is 2.36. The SMILES string of the molecule is O=C(Nc1ccccc1C(F)(F)F)NC1(Cc2cccc(F)c2)CCC1. The molecule has 0 spiro atoms. The van der Waals surface area contributed by atoms with Gasteiger partial charge in [0.2, 0.25) is 0 Å². The predicted octanol–water partition coefficient (Wildman–Crippen LogP) is 5.13. The number of amides is 2. The van der Waals surface area contributed by atoms with Crippen molar-refractivity contribution < 1.29 is 22.4 Å². The summed E-state index contributed by atoms with van der Waals surface area (Å²) in [6.45, 7) is 0. The Morgan fingerprint density at radius 2 is 1.81 bits per heavy atom. The van der Waals surface area contributed by atoms with Gasteiger partial charge in [-0.1, -0.05) is 24.3 Å². The molecule has 1 saturated carbocycles. The molecule has 0 radical (unpaired) electrons. The summed E-state index contributed by atoms with van der Waals surface area (Å²) in [7, 11) is 0. The summed E-state index contributed by atoms with van der Waals surface area (Å²) in [6.07, 6.45) is -1.84. The van der Waals surface area contributed by atoms with Crippen molar-refractivity contribution in [1.29, 1.82) is 0 Å². The Morgan fingerprint density at radius 1 is 1.08 bits per heavy atom. The van der Waals surface area contributed by atoms with Crippen LogP contribution in [0.1, 0.15) is 30.4 Å². The highest BCUT2D eigenvalue weighted by atomic mass is 19.4. The van der Waals surface area contributed by atoms with E-state index in [-0.39, 0.29) is 11.5 Å². The number of benzene rings is 2. The Hall–Kier alpha value is -2.57. The van der Waals surface area contributed by atoms with Crippen molar-refractivity contribution in [2.75, 3.05) is 5.32 Å². The molecule has 2 aromatic carbocycles. The molecule has 0 unspecified atom stereocenters. The first-order valence-corrected chi connectivity index (χ1v) is 8.27. The zero-order chi connectivity index (χ0) is 18.8. The molecule has 1 fully saturated rings. The first-order valence-electron chi connectivity index (χ1n) is 8.27. The fraction of sp³-hybridized carbons (Fsp3) is 0.316. The third-order valence-corrected chi connectivity index (χ3v) is 4.60. The third kappa shape index (κ3) is 4.15. The number of halogens is 4. The van der Waals surface area contributed by atoms with Crippen LogP contribution >= 0.6 is 0 Å². The molecule has 26 heavy (non-hydrogen) atoms. The van der Waals surface area contributed by atoms with Gasteiger partial charge in [0.05, 0.1) is 11.3 Å². The van der Waals surface area contributed by atoms with Gasteiger partial charge >= 0.3 is 12.2 Å². The molecule has 2 N–H and O–H groups in total. The van der Waals surface area contributed by atoms with E-state index in [1.165, 1.54) is 30.3 Å². The minimum absolute atomic E-state index is 0.294. The smallest absolute Gasteiger partial charge is 0.332 e. The number of carbonyl (C=O) groups excluding carboxylic acids is 1. The van der Waals surface area contributed by atoms with Gasteiger partial charge in [0, 0.05) is 5.54 Å². The van der Waals surface area contributed by atoms with Crippen LogP contribution in [0.4, 0.5) is 28.0 Å². The van der Waals surface area contributed by atoms with E-state index in [1.807, 2.05) is 0 Å². The van der Waals surface area contributed by atoms with Crippen LogP contribution in [-0.2, 0) is 12.6 Å². The van der Waals surface area contributed by atoms with Gasteiger partial charge in [-0.05, 0) is 55.5 Å². The Kier molecular flexibility index (Phi) is 4.89. The molecule has 3 rings (SSSR count). The Bertz CT molecular complexity index is 800. The lowest BCUT2D eigenvalue weighted by Gasteiger charge is -2.42. The lowest BCUT2D eigenvalue weighted by Crippen LogP contribution is -2.56. The summed E-state index contributed by atoms with van der Waals surface area (Å²) in [5.41, 5.74) is -1.02. The molecule has 0 bridgehead atoms. The number of nitrogens with one attached hydrogen (secondary N) is 2. The van der Waals surface area contributed by atoms with E-state index in [0.29, 0.717) is 19.3 Å². The number of carbonyl (C=O) groups is 1. The first kappa shape index (κ1) is 18.2. The fourth-order valence-corrected chi connectivity index (χ4v) is 3.22. The van der Waals surface area contributed by atoms with Crippen LogP contribution in [0.15, 0.2) is 48.5 Å². The van der Waals surface area contributed by atoms with Crippen LogP contribution in [0.2, 0.25) is 0 Å². The maximum atomic E-state index is 13.4. The lowest BCUT2D eigenvalue weighted by atomic mass is 9.73. The normalized spacial score (nSPS) is 15.8. The maximum Gasteiger partial charge on any atom is 0.418 e. The van der Waals surface area contributed by atoms with Crippen LogP contribution in [0.25, 0.3) is 0 Å². The molecule has 7 heteroatoms. The topological polar surface area (TPSA) is 41.1 Å². The molecule has 2 aromatic rings. The molecule has 1 aliphatic rings. The summed E-state index contributed by atoms with van der Waals surface area (Å²) in [5.74, 6) is -0.361. The highest BCUT2D eigenvalue weighted by Gasteiger charge is 2.39. The van der Waals surface area contributed by atoms with E-state index in [2.05, 4.69) is 10.6 Å². The van der Waals surface area contributed by atoms with Gasteiger partial charge in [0.15, 0.2) is 0 Å². The average molecular weight is 366 g/mol. The van der Waals surface area contributed by atoms with Crippen molar-refractivity contribution in [3.05, 3.63) is 65.5 Å². The predicted molar refractivity (Wildman–Crippen MR) is 90.3 cm³/mol. The largest absolute Gasteiger partial charge is 0.418 e. The summed E-state index contributed by atoms with van der Waals surface area (Å²) in [6, 6.07) is 10.2. The summed E-state index contributed by atoms with van der Waals surface area (Å²) >= 11 is 0. The Labute approximate surface area is 148 Å². The number of anilines is 1. The van der Waals surface area contributed by atoms with E-state index in [4.69, 9.17) is 0 Å². The van der Waals surface area contributed by atoms with Crippen LogP contribution in [-0.4, -0.2) is 11.6 Å². The van der Waals surface area contributed by atoms with E-state index in [9.17, 15) is 22.4 Å². The summed E-state index contributed by atoms with van der Waals surface area (Å²) < 4.78 is 52.5. The van der Waals surface area contributed by atoms with Crippen molar-refractivity contribution in [3.8, 4) is 0 Å². The average Bonchev–Trinajstić information content (AvgIpc) is 2.52. The molecular weight excluding hydrogens is 348 g/mol. The standard InChI is InChI=1S/C19H18F4N2O/c20-14-6-3-5-13(11-14)12-18(9-4-10-18)25-17(26)24-16-8-2-1-7-15(16)19(21,22)23/h1-3,5-8,11H,4,9-10,12H2,(H2,24,25,26). The van der Waals surface area contributed by atoms with E-state index in [1.54, 1.807) is 12.1 Å². The van der Waals surface area contributed by atoms with Gasteiger partial charge in [-0.2, -0.15) is 13.2 Å². The summed E-state index contributed by atoms with van der Waals surface area (Å²) in [4.78, 5) is 12.3. The molecule has 138 valence electrons. The molecular formula is C19H18F4N2O. The van der Waals surface area contributed by atoms with Crippen LogP contribution < -0.4 is 10.6 Å². The number of alkyl halides is 3. The molecule has 0 saturated heterocycles.